The van der Waals surface area contributed by atoms with Crippen LogP contribution < -0.4 is 14.4 Å². The predicted molar refractivity (Wildman–Crippen MR) is 154 cm³/mol. The largest absolute Gasteiger partial charge is 0.495 e. The number of ether oxygens (including phenoxy) is 1. The van der Waals surface area contributed by atoms with Crippen LogP contribution in [0.3, 0.4) is 0 Å². The van der Waals surface area contributed by atoms with Gasteiger partial charge in [-0.25, -0.2) is 8.42 Å². The zero-order chi connectivity index (χ0) is 28.6. The highest BCUT2D eigenvalue weighted by molar-refractivity contribution is 7.92. The van der Waals surface area contributed by atoms with E-state index < -0.39 is 16.1 Å². The van der Waals surface area contributed by atoms with Gasteiger partial charge < -0.3 is 15.0 Å². The molecule has 0 aromatic heterocycles. The SMILES string of the molecule is COc1ccc(N(CCCC(=O)N(Cc2ccc(Cl)cc2Cl)[C@H](C)C(=O)NCC(C)C)S(C)(=O)=O)cc1Cl. The molecule has 0 spiro atoms. The molecule has 0 heterocycles. The Labute approximate surface area is 240 Å². The number of benzene rings is 2. The lowest BCUT2D eigenvalue weighted by Gasteiger charge is -2.30. The minimum atomic E-state index is -3.66. The van der Waals surface area contributed by atoms with Gasteiger partial charge in [0.2, 0.25) is 21.8 Å². The summed E-state index contributed by atoms with van der Waals surface area (Å²) in [6.45, 7) is 6.21. The van der Waals surface area contributed by atoms with E-state index in [9.17, 15) is 18.0 Å². The highest BCUT2D eigenvalue weighted by Crippen LogP contribution is 2.30. The van der Waals surface area contributed by atoms with Crippen molar-refractivity contribution < 1.29 is 22.7 Å². The fraction of sp³-hybridized carbons (Fsp3) is 0.462. The van der Waals surface area contributed by atoms with Gasteiger partial charge in [0.05, 0.1) is 24.1 Å². The summed E-state index contributed by atoms with van der Waals surface area (Å²) in [5, 5.41) is 3.96. The maximum absolute atomic E-state index is 13.4. The lowest BCUT2D eigenvalue weighted by molar-refractivity contribution is -0.140. The molecule has 38 heavy (non-hydrogen) atoms. The summed E-state index contributed by atoms with van der Waals surface area (Å²) in [4.78, 5) is 27.7. The van der Waals surface area contributed by atoms with E-state index in [1.54, 1.807) is 37.3 Å². The number of rotatable bonds is 13. The second-order valence-corrected chi connectivity index (χ2v) is 12.5. The molecule has 0 fully saturated rings. The van der Waals surface area contributed by atoms with Crippen LogP contribution in [0.4, 0.5) is 5.69 Å². The highest BCUT2D eigenvalue weighted by Gasteiger charge is 2.27. The summed E-state index contributed by atoms with van der Waals surface area (Å²) in [7, 11) is -2.19. The summed E-state index contributed by atoms with van der Waals surface area (Å²) >= 11 is 18.6. The minimum Gasteiger partial charge on any atom is -0.495 e. The number of carbonyl (C=O) groups excluding carboxylic acids is 2. The fourth-order valence-electron chi connectivity index (χ4n) is 3.68. The van der Waals surface area contributed by atoms with E-state index in [1.165, 1.54) is 22.4 Å². The first-order valence-electron chi connectivity index (χ1n) is 12.1. The Morgan fingerprint density at radius 2 is 1.71 bits per heavy atom. The molecule has 2 amide bonds. The number of amides is 2. The Bertz CT molecular complexity index is 1240. The molecular formula is C26H34Cl3N3O5S. The van der Waals surface area contributed by atoms with Crippen LogP contribution in [0, 0.1) is 5.92 Å². The van der Waals surface area contributed by atoms with E-state index in [4.69, 9.17) is 39.5 Å². The Balaban J connectivity index is 2.22. The van der Waals surface area contributed by atoms with Crippen LogP contribution in [0.15, 0.2) is 36.4 Å². The van der Waals surface area contributed by atoms with Crippen molar-refractivity contribution >= 4 is 62.3 Å². The first-order chi connectivity index (χ1) is 17.7. The Hall–Kier alpha value is -2.20. The third-order valence-electron chi connectivity index (χ3n) is 5.78. The molecule has 0 saturated carbocycles. The van der Waals surface area contributed by atoms with Crippen molar-refractivity contribution in [1.82, 2.24) is 10.2 Å². The Morgan fingerprint density at radius 3 is 2.26 bits per heavy atom. The molecule has 0 aliphatic carbocycles. The van der Waals surface area contributed by atoms with Crippen LogP contribution in [0.2, 0.25) is 15.1 Å². The molecule has 8 nitrogen and oxygen atoms in total. The van der Waals surface area contributed by atoms with Gasteiger partial charge >= 0.3 is 0 Å². The normalized spacial score (nSPS) is 12.2. The van der Waals surface area contributed by atoms with Gasteiger partial charge in [-0.2, -0.15) is 0 Å². The quantitative estimate of drug-likeness (QED) is 0.330. The molecule has 2 aromatic carbocycles. The number of hydrogen-bond donors (Lipinski definition) is 1. The van der Waals surface area contributed by atoms with Gasteiger partial charge in [-0.15, -0.1) is 0 Å². The van der Waals surface area contributed by atoms with Gasteiger partial charge in [0.1, 0.15) is 11.8 Å². The fourth-order valence-corrected chi connectivity index (χ4v) is 5.36. The third kappa shape index (κ3) is 9.22. The first kappa shape index (κ1) is 32.0. The van der Waals surface area contributed by atoms with E-state index in [-0.39, 0.29) is 48.7 Å². The van der Waals surface area contributed by atoms with Crippen LogP contribution in [-0.2, 0) is 26.2 Å². The molecule has 1 N–H and O–H groups in total. The predicted octanol–water partition coefficient (Wildman–Crippen LogP) is 5.39. The maximum atomic E-state index is 13.4. The van der Waals surface area contributed by atoms with Gasteiger partial charge in [0, 0.05) is 36.1 Å². The molecule has 2 rings (SSSR count). The number of nitrogens with zero attached hydrogens (tertiary/aromatic N) is 2. The van der Waals surface area contributed by atoms with Gasteiger partial charge in [0.15, 0.2) is 0 Å². The molecule has 1 atom stereocenters. The van der Waals surface area contributed by atoms with Gasteiger partial charge in [-0.3, -0.25) is 13.9 Å². The molecule has 210 valence electrons. The number of methoxy groups -OCH3 is 1. The Kier molecular flexibility index (Phi) is 12.0. The molecule has 0 aliphatic rings. The number of nitrogens with one attached hydrogen (secondary N) is 1. The van der Waals surface area contributed by atoms with Crippen molar-refractivity contribution in [3.8, 4) is 5.75 Å². The van der Waals surface area contributed by atoms with Gasteiger partial charge in [-0.1, -0.05) is 54.7 Å². The van der Waals surface area contributed by atoms with Crippen molar-refractivity contribution in [3.63, 3.8) is 0 Å². The van der Waals surface area contributed by atoms with Crippen molar-refractivity contribution in [3.05, 3.63) is 57.0 Å². The van der Waals surface area contributed by atoms with Gasteiger partial charge in [0.25, 0.3) is 0 Å². The summed E-state index contributed by atoms with van der Waals surface area (Å²) in [5.41, 5.74) is 0.996. The van der Waals surface area contributed by atoms with Crippen LogP contribution in [0.25, 0.3) is 0 Å². The molecule has 0 bridgehead atoms. The number of halogens is 3. The topological polar surface area (TPSA) is 96.0 Å². The van der Waals surface area contributed by atoms with E-state index in [2.05, 4.69) is 5.32 Å². The average Bonchev–Trinajstić information content (AvgIpc) is 2.83. The average molecular weight is 607 g/mol. The van der Waals surface area contributed by atoms with E-state index in [0.29, 0.717) is 33.6 Å². The highest BCUT2D eigenvalue weighted by atomic mass is 35.5. The summed E-state index contributed by atoms with van der Waals surface area (Å²) in [6, 6.07) is 8.84. The smallest absolute Gasteiger partial charge is 0.242 e. The van der Waals surface area contributed by atoms with Gasteiger partial charge in [-0.05, 0) is 55.2 Å². The van der Waals surface area contributed by atoms with Crippen LogP contribution in [0.5, 0.6) is 5.75 Å². The van der Waals surface area contributed by atoms with Crippen molar-refractivity contribution in [2.24, 2.45) is 5.92 Å². The summed E-state index contributed by atoms with van der Waals surface area (Å²) < 4.78 is 31.4. The second-order valence-electron chi connectivity index (χ2n) is 9.33. The third-order valence-corrected chi connectivity index (χ3v) is 7.86. The zero-order valence-corrected chi connectivity index (χ0v) is 25.2. The Morgan fingerprint density at radius 1 is 1.03 bits per heavy atom. The number of hydrogen-bond acceptors (Lipinski definition) is 5. The first-order valence-corrected chi connectivity index (χ1v) is 15.0. The molecule has 0 saturated heterocycles. The van der Waals surface area contributed by atoms with E-state index in [1.807, 2.05) is 13.8 Å². The molecule has 12 heteroatoms. The van der Waals surface area contributed by atoms with Crippen molar-refractivity contribution in [1.29, 1.82) is 0 Å². The summed E-state index contributed by atoms with van der Waals surface area (Å²) in [6.07, 6.45) is 1.30. The number of anilines is 1. The van der Waals surface area contributed by atoms with Crippen LogP contribution in [-0.4, -0.2) is 57.6 Å². The standard InChI is InChI=1S/C26H34Cl3N3O5S/c1-17(2)15-30-26(34)18(3)31(16-19-8-9-20(27)13-22(19)28)25(33)7-6-12-32(38(5,35)36)21-10-11-24(37-4)23(29)14-21/h8-11,13-14,17-18H,6-7,12,15-16H2,1-5H3,(H,30,34)/t18-/m1/s1. The minimum absolute atomic E-state index is 0.00289. The molecule has 2 aromatic rings. The van der Waals surface area contributed by atoms with E-state index in [0.717, 1.165) is 6.26 Å². The molecular weight excluding hydrogens is 573 g/mol. The molecule has 0 unspecified atom stereocenters. The monoisotopic (exact) mass is 605 g/mol. The lowest BCUT2D eigenvalue weighted by atomic mass is 10.1. The maximum Gasteiger partial charge on any atom is 0.242 e. The lowest BCUT2D eigenvalue weighted by Crippen LogP contribution is -2.48. The van der Waals surface area contributed by atoms with Crippen molar-refractivity contribution in [2.75, 3.05) is 30.8 Å². The summed E-state index contributed by atoms with van der Waals surface area (Å²) in [5.74, 6) is 0.0573. The number of carbonyl (C=O) groups is 2. The molecule has 0 aliphatic heterocycles. The van der Waals surface area contributed by atoms with Crippen molar-refractivity contribution in [2.45, 2.75) is 46.2 Å². The second kappa shape index (κ2) is 14.3. The van der Waals surface area contributed by atoms with E-state index >= 15 is 0 Å². The molecule has 0 radical (unpaired) electrons. The number of sulfonamides is 1. The van der Waals surface area contributed by atoms with Crippen LogP contribution >= 0.6 is 34.8 Å². The zero-order valence-electron chi connectivity index (χ0n) is 22.1. The van der Waals surface area contributed by atoms with Crippen LogP contribution in [0.1, 0.15) is 39.2 Å².